The highest BCUT2D eigenvalue weighted by Crippen LogP contribution is 2.32. The van der Waals surface area contributed by atoms with E-state index >= 15 is 0 Å². The SMILES string of the molecule is NC(=O)C1=C(O)C([C@@H]2O[C@H](CO)[C@@H](O)[C@H]2O)C=N1. The number of aliphatic hydroxyl groups excluding tert-OH is 4. The molecule has 8 nitrogen and oxygen atoms in total. The highest BCUT2D eigenvalue weighted by atomic mass is 16.6. The molecule has 0 bridgehead atoms. The lowest BCUT2D eigenvalue weighted by Crippen LogP contribution is -2.37. The van der Waals surface area contributed by atoms with Gasteiger partial charge in [-0.15, -0.1) is 0 Å². The van der Waals surface area contributed by atoms with Crippen LogP contribution >= 0.6 is 0 Å². The molecule has 18 heavy (non-hydrogen) atoms. The van der Waals surface area contributed by atoms with Gasteiger partial charge in [0.25, 0.3) is 5.91 Å². The van der Waals surface area contributed by atoms with Crippen molar-refractivity contribution in [2.45, 2.75) is 24.4 Å². The van der Waals surface area contributed by atoms with E-state index in [1.54, 1.807) is 0 Å². The van der Waals surface area contributed by atoms with Crippen LogP contribution in [0.3, 0.4) is 0 Å². The van der Waals surface area contributed by atoms with Gasteiger partial charge in [-0.1, -0.05) is 0 Å². The van der Waals surface area contributed by atoms with Crippen molar-refractivity contribution >= 4 is 12.1 Å². The number of aliphatic imine (C=N–C) groups is 1. The number of hydrogen-bond acceptors (Lipinski definition) is 7. The largest absolute Gasteiger partial charge is 0.509 e. The third-order valence-corrected chi connectivity index (χ3v) is 3.09. The zero-order valence-corrected chi connectivity index (χ0v) is 9.30. The Hall–Kier alpha value is -1.48. The number of primary amides is 1. The van der Waals surface area contributed by atoms with Gasteiger partial charge in [0.2, 0.25) is 0 Å². The molecule has 1 saturated heterocycles. The summed E-state index contributed by atoms with van der Waals surface area (Å²) in [5.41, 5.74) is 4.71. The maximum atomic E-state index is 10.9. The third-order valence-electron chi connectivity index (χ3n) is 3.09. The Morgan fingerprint density at radius 3 is 2.56 bits per heavy atom. The van der Waals surface area contributed by atoms with Crippen LogP contribution in [0.1, 0.15) is 0 Å². The summed E-state index contributed by atoms with van der Waals surface area (Å²) in [7, 11) is 0. The average molecular weight is 258 g/mol. The molecular formula is C10H14N2O6. The normalized spacial score (nSPS) is 39.6. The molecule has 0 saturated carbocycles. The molecule has 1 unspecified atom stereocenters. The quantitative estimate of drug-likeness (QED) is 0.376. The number of amides is 1. The van der Waals surface area contributed by atoms with Crippen molar-refractivity contribution < 1.29 is 30.0 Å². The van der Waals surface area contributed by atoms with Crippen molar-refractivity contribution in [2.24, 2.45) is 16.6 Å². The highest BCUT2D eigenvalue weighted by molar-refractivity contribution is 5.96. The van der Waals surface area contributed by atoms with Gasteiger partial charge in [0.05, 0.1) is 12.5 Å². The number of rotatable bonds is 3. The Morgan fingerprint density at radius 2 is 2.11 bits per heavy atom. The predicted octanol–water partition coefficient (Wildman–Crippen LogP) is -2.58. The van der Waals surface area contributed by atoms with Crippen molar-refractivity contribution in [1.82, 2.24) is 0 Å². The van der Waals surface area contributed by atoms with E-state index in [0.717, 1.165) is 0 Å². The molecule has 0 aromatic rings. The molecule has 2 aliphatic heterocycles. The maximum Gasteiger partial charge on any atom is 0.270 e. The molecular weight excluding hydrogens is 244 g/mol. The molecule has 5 atom stereocenters. The topological polar surface area (TPSA) is 146 Å². The molecule has 0 aliphatic carbocycles. The van der Waals surface area contributed by atoms with Crippen molar-refractivity contribution in [3.63, 3.8) is 0 Å². The van der Waals surface area contributed by atoms with Crippen LogP contribution in [0.2, 0.25) is 0 Å². The number of carbonyl (C=O) groups excluding carboxylic acids is 1. The first-order valence-corrected chi connectivity index (χ1v) is 5.37. The average Bonchev–Trinajstić information content (AvgIpc) is 2.82. The van der Waals surface area contributed by atoms with Gasteiger partial charge in [0.15, 0.2) is 5.70 Å². The summed E-state index contributed by atoms with van der Waals surface area (Å²) in [4.78, 5) is 14.6. The van der Waals surface area contributed by atoms with Gasteiger partial charge in [-0.3, -0.25) is 9.79 Å². The molecule has 0 spiro atoms. The van der Waals surface area contributed by atoms with Crippen LogP contribution in [0.15, 0.2) is 16.4 Å². The van der Waals surface area contributed by atoms with E-state index in [1.165, 1.54) is 6.21 Å². The first kappa shape index (κ1) is 13.0. The van der Waals surface area contributed by atoms with Gasteiger partial charge in [-0.05, 0) is 0 Å². The van der Waals surface area contributed by atoms with Gasteiger partial charge in [0.1, 0.15) is 30.2 Å². The van der Waals surface area contributed by atoms with Crippen LogP contribution in [0.4, 0.5) is 0 Å². The van der Waals surface area contributed by atoms with E-state index in [4.69, 9.17) is 15.6 Å². The summed E-state index contributed by atoms with van der Waals surface area (Å²) < 4.78 is 5.23. The van der Waals surface area contributed by atoms with Crippen LogP contribution < -0.4 is 5.73 Å². The Morgan fingerprint density at radius 1 is 1.44 bits per heavy atom. The van der Waals surface area contributed by atoms with Gasteiger partial charge >= 0.3 is 0 Å². The molecule has 0 aromatic heterocycles. The number of nitrogens with two attached hydrogens (primary N) is 1. The smallest absolute Gasteiger partial charge is 0.270 e. The highest BCUT2D eigenvalue weighted by Gasteiger charge is 2.48. The van der Waals surface area contributed by atoms with E-state index in [9.17, 15) is 20.1 Å². The number of hydrogen-bond donors (Lipinski definition) is 5. The van der Waals surface area contributed by atoms with Gasteiger partial charge in [-0.2, -0.15) is 0 Å². The summed E-state index contributed by atoms with van der Waals surface area (Å²) in [5.74, 6) is -2.16. The molecule has 0 aromatic carbocycles. The third kappa shape index (κ3) is 1.89. The Bertz CT molecular complexity index is 421. The molecule has 6 N–H and O–H groups in total. The number of nitrogens with zero attached hydrogens (tertiary/aromatic N) is 1. The molecule has 2 rings (SSSR count). The molecule has 2 aliphatic rings. The maximum absolute atomic E-state index is 10.9. The van der Waals surface area contributed by atoms with E-state index in [-0.39, 0.29) is 5.70 Å². The van der Waals surface area contributed by atoms with E-state index in [0.29, 0.717) is 0 Å². The summed E-state index contributed by atoms with van der Waals surface area (Å²) in [6, 6.07) is 0. The zero-order chi connectivity index (χ0) is 13.4. The first-order chi connectivity index (χ1) is 8.47. The number of aliphatic hydroxyl groups is 4. The van der Waals surface area contributed by atoms with E-state index < -0.39 is 48.6 Å². The molecule has 8 heteroatoms. The fraction of sp³-hybridized carbons (Fsp3) is 0.600. The van der Waals surface area contributed by atoms with Crippen LogP contribution in [0.5, 0.6) is 0 Å². The Balaban J connectivity index is 2.20. The summed E-state index contributed by atoms with van der Waals surface area (Å²) in [6.45, 7) is -0.467. The lowest BCUT2D eigenvalue weighted by atomic mass is 9.96. The van der Waals surface area contributed by atoms with Crippen LogP contribution in [0.25, 0.3) is 0 Å². The summed E-state index contributed by atoms with van der Waals surface area (Å²) in [6.07, 6.45) is -3.27. The minimum atomic E-state index is -1.30. The second-order valence-electron chi connectivity index (χ2n) is 4.20. The summed E-state index contributed by atoms with van der Waals surface area (Å²) in [5, 5.41) is 38.0. The molecule has 1 amide bonds. The Kier molecular flexibility index (Phi) is 3.35. The van der Waals surface area contributed by atoms with Crippen molar-refractivity contribution in [3.8, 4) is 0 Å². The lowest BCUT2D eigenvalue weighted by molar-refractivity contribution is -0.114. The van der Waals surface area contributed by atoms with Gasteiger partial charge < -0.3 is 30.9 Å². The van der Waals surface area contributed by atoms with Crippen molar-refractivity contribution in [1.29, 1.82) is 0 Å². The number of ether oxygens (including phenoxy) is 1. The van der Waals surface area contributed by atoms with Crippen LogP contribution in [-0.2, 0) is 9.53 Å². The van der Waals surface area contributed by atoms with E-state index in [2.05, 4.69) is 4.99 Å². The number of carbonyl (C=O) groups is 1. The fourth-order valence-corrected chi connectivity index (χ4v) is 2.10. The second-order valence-corrected chi connectivity index (χ2v) is 4.20. The van der Waals surface area contributed by atoms with E-state index in [1.807, 2.05) is 0 Å². The standard InChI is InChI=1S/C10H14N2O6/c11-10(17)5-6(14)3(1-12-5)9-8(16)7(15)4(2-13)18-9/h1,3-4,7-9,13-16H,2H2,(H2,11,17)/t3?,4-,7-,8-,9+/m1/s1. The molecule has 100 valence electrons. The molecule has 0 radical (unpaired) electrons. The van der Waals surface area contributed by atoms with Gasteiger partial charge in [0, 0.05) is 6.21 Å². The second kappa shape index (κ2) is 4.65. The minimum Gasteiger partial charge on any atom is -0.509 e. The van der Waals surface area contributed by atoms with Crippen molar-refractivity contribution in [3.05, 3.63) is 11.5 Å². The Labute approximate surface area is 102 Å². The first-order valence-electron chi connectivity index (χ1n) is 5.37. The van der Waals surface area contributed by atoms with Crippen LogP contribution in [0, 0.1) is 5.92 Å². The van der Waals surface area contributed by atoms with Crippen LogP contribution in [-0.4, -0.2) is 63.6 Å². The predicted molar refractivity (Wildman–Crippen MR) is 58.6 cm³/mol. The lowest BCUT2D eigenvalue weighted by Gasteiger charge is -2.19. The zero-order valence-electron chi connectivity index (χ0n) is 9.30. The van der Waals surface area contributed by atoms with Gasteiger partial charge in [-0.25, -0.2) is 0 Å². The fourth-order valence-electron chi connectivity index (χ4n) is 2.10. The monoisotopic (exact) mass is 258 g/mol. The summed E-state index contributed by atoms with van der Waals surface area (Å²) >= 11 is 0. The minimum absolute atomic E-state index is 0.294. The molecule has 2 heterocycles. The molecule has 1 fully saturated rings. The van der Waals surface area contributed by atoms with Crippen molar-refractivity contribution in [2.75, 3.05) is 6.61 Å².